The van der Waals surface area contributed by atoms with E-state index >= 15 is 0 Å². The van der Waals surface area contributed by atoms with E-state index in [4.69, 9.17) is 0 Å². The molecule has 1 aromatic carbocycles. The number of aromatic nitrogens is 2. The first-order valence-corrected chi connectivity index (χ1v) is 8.53. The monoisotopic (exact) mass is 326 g/mol. The molecule has 5 heteroatoms. The molecule has 0 bridgehead atoms. The van der Waals surface area contributed by atoms with Gasteiger partial charge in [0.25, 0.3) is 5.91 Å². The summed E-state index contributed by atoms with van der Waals surface area (Å²) in [7, 11) is 3.97. The van der Waals surface area contributed by atoms with Gasteiger partial charge in [0.05, 0.1) is 0 Å². The molecule has 1 fully saturated rings. The number of likely N-dealkylation sites (tertiary alicyclic amines) is 1. The zero-order valence-electron chi connectivity index (χ0n) is 14.9. The smallest absolute Gasteiger partial charge is 0.253 e. The molecule has 0 saturated carbocycles. The Hall–Kier alpha value is -2.30. The van der Waals surface area contributed by atoms with Crippen LogP contribution in [-0.4, -0.2) is 47.5 Å². The molecule has 0 atom stereocenters. The highest BCUT2D eigenvalue weighted by atomic mass is 16.2. The summed E-state index contributed by atoms with van der Waals surface area (Å²) in [5, 5.41) is 0. The van der Waals surface area contributed by atoms with E-state index in [0.717, 1.165) is 36.7 Å². The predicted octanol–water partition coefficient (Wildman–Crippen LogP) is 2.84. The predicted molar refractivity (Wildman–Crippen MR) is 96.5 cm³/mol. The first-order valence-electron chi connectivity index (χ1n) is 8.53. The summed E-state index contributed by atoms with van der Waals surface area (Å²) in [6.45, 7) is 6.90. The van der Waals surface area contributed by atoms with E-state index in [1.807, 2.05) is 60.6 Å². The van der Waals surface area contributed by atoms with Gasteiger partial charge >= 0.3 is 0 Å². The summed E-state index contributed by atoms with van der Waals surface area (Å²) in [4.78, 5) is 21.0. The Morgan fingerprint density at radius 3 is 2.75 bits per heavy atom. The van der Waals surface area contributed by atoms with E-state index in [1.54, 1.807) is 0 Å². The molecule has 0 aliphatic carbocycles. The molecule has 5 nitrogen and oxygen atoms in total. The molecule has 0 N–H and O–H groups in total. The summed E-state index contributed by atoms with van der Waals surface area (Å²) < 4.78 is 2.23. The summed E-state index contributed by atoms with van der Waals surface area (Å²) >= 11 is 0. The third-order valence-corrected chi connectivity index (χ3v) is 4.57. The Balaban J connectivity index is 1.59. The number of benzene rings is 1. The standard InChI is InChI=1S/C19H26N4O/c1-14(2)18-20-8-9-22(18)11-15-12-23(13-15)19(24)16-6-5-7-17(10-16)21(3)4/h5-10,14-15H,11-13H2,1-4H3. The van der Waals surface area contributed by atoms with Gasteiger partial charge in [-0.2, -0.15) is 0 Å². The molecule has 0 spiro atoms. The van der Waals surface area contributed by atoms with Crippen molar-refractivity contribution in [3.63, 3.8) is 0 Å². The van der Waals surface area contributed by atoms with E-state index in [0.29, 0.717) is 11.8 Å². The van der Waals surface area contributed by atoms with Crippen LogP contribution in [0.15, 0.2) is 36.7 Å². The lowest BCUT2D eigenvalue weighted by Crippen LogP contribution is -2.51. The Bertz CT molecular complexity index is 714. The minimum Gasteiger partial charge on any atom is -0.378 e. The van der Waals surface area contributed by atoms with Gasteiger partial charge in [-0.25, -0.2) is 4.98 Å². The van der Waals surface area contributed by atoms with Gasteiger partial charge in [-0.1, -0.05) is 19.9 Å². The molecule has 24 heavy (non-hydrogen) atoms. The fourth-order valence-corrected chi connectivity index (χ4v) is 3.20. The van der Waals surface area contributed by atoms with Crippen molar-refractivity contribution in [2.45, 2.75) is 26.3 Å². The lowest BCUT2D eigenvalue weighted by molar-refractivity contribution is 0.0467. The van der Waals surface area contributed by atoms with Crippen molar-refractivity contribution in [2.75, 3.05) is 32.1 Å². The molecular formula is C19H26N4O. The number of imidazole rings is 1. The largest absolute Gasteiger partial charge is 0.378 e. The quantitative estimate of drug-likeness (QED) is 0.848. The van der Waals surface area contributed by atoms with Gasteiger partial charge in [-0.05, 0) is 18.2 Å². The fourth-order valence-electron chi connectivity index (χ4n) is 3.20. The Kier molecular flexibility index (Phi) is 4.60. The number of rotatable bonds is 5. The van der Waals surface area contributed by atoms with Crippen molar-refractivity contribution >= 4 is 11.6 Å². The van der Waals surface area contributed by atoms with E-state index in [1.165, 1.54) is 0 Å². The van der Waals surface area contributed by atoms with Crippen molar-refractivity contribution in [1.29, 1.82) is 0 Å². The van der Waals surface area contributed by atoms with Gasteiger partial charge in [0.1, 0.15) is 5.82 Å². The van der Waals surface area contributed by atoms with Crippen LogP contribution in [0.5, 0.6) is 0 Å². The maximum atomic E-state index is 12.6. The lowest BCUT2D eigenvalue weighted by Gasteiger charge is -2.40. The molecule has 1 saturated heterocycles. The van der Waals surface area contributed by atoms with Crippen LogP contribution in [0.1, 0.15) is 35.9 Å². The van der Waals surface area contributed by atoms with Gasteiger partial charge in [0, 0.05) is 69.2 Å². The van der Waals surface area contributed by atoms with Gasteiger partial charge in [0.2, 0.25) is 0 Å². The van der Waals surface area contributed by atoms with E-state index < -0.39 is 0 Å². The SMILES string of the molecule is CC(C)c1nccn1CC1CN(C(=O)c2cccc(N(C)C)c2)C1. The molecule has 0 radical (unpaired) electrons. The second-order valence-electron chi connectivity index (χ2n) is 7.11. The summed E-state index contributed by atoms with van der Waals surface area (Å²) in [5.41, 5.74) is 1.82. The van der Waals surface area contributed by atoms with Crippen LogP contribution >= 0.6 is 0 Å². The van der Waals surface area contributed by atoms with E-state index in [9.17, 15) is 4.79 Å². The molecule has 0 unspecified atom stereocenters. The summed E-state index contributed by atoms with van der Waals surface area (Å²) in [6.07, 6.45) is 3.91. The number of carbonyl (C=O) groups excluding carboxylic acids is 1. The summed E-state index contributed by atoms with van der Waals surface area (Å²) in [6, 6.07) is 7.82. The van der Waals surface area contributed by atoms with Crippen LogP contribution in [0.4, 0.5) is 5.69 Å². The number of amides is 1. The maximum absolute atomic E-state index is 12.6. The zero-order chi connectivity index (χ0) is 17.3. The van der Waals surface area contributed by atoms with Crippen LogP contribution in [0, 0.1) is 5.92 Å². The first kappa shape index (κ1) is 16.6. The minimum absolute atomic E-state index is 0.129. The number of hydrogen-bond donors (Lipinski definition) is 0. The Labute approximate surface area is 143 Å². The third kappa shape index (κ3) is 3.30. The topological polar surface area (TPSA) is 41.4 Å². The maximum Gasteiger partial charge on any atom is 0.253 e. The number of hydrogen-bond acceptors (Lipinski definition) is 3. The number of carbonyl (C=O) groups is 1. The van der Waals surface area contributed by atoms with Crippen molar-refractivity contribution in [2.24, 2.45) is 5.92 Å². The molecule has 2 heterocycles. The van der Waals surface area contributed by atoms with Gasteiger partial charge in [-0.3, -0.25) is 4.79 Å². The van der Waals surface area contributed by atoms with Gasteiger partial charge in [0.15, 0.2) is 0 Å². The van der Waals surface area contributed by atoms with Crippen molar-refractivity contribution < 1.29 is 4.79 Å². The molecule has 1 aliphatic rings. The molecule has 128 valence electrons. The Morgan fingerprint density at radius 1 is 1.33 bits per heavy atom. The second-order valence-corrected chi connectivity index (χ2v) is 7.11. The normalized spacial score (nSPS) is 14.8. The van der Waals surface area contributed by atoms with Crippen molar-refractivity contribution in [3.05, 3.63) is 48.0 Å². The second kappa shape index (κ2) is 6.67. The van der Waals surface area contributed by atoms with Gasteiger partial charge in [-0.15, -0.1) is 0 Å². The Morgan fingerprint density at radius 2 is 2.08 bits per heavy atom. The zero-order valence-corrected chi connectivity index (χ0v) is 14.9. The molecule has 3 rings (SSSR count). The van der Waals surface area contributed by atoms with Crippen molar-refractivity contribution in [3.8, 4) is 0 Å². The average Bonchev–Trinajstić information content (AvgIpc) is 2.98. The summed E-state index contributed by atoms with van der Waals surface area (Å²) in [5.74, 6) is 2.19. The number of anilines is 1. The highest BCUT2D eigenvalue weighted by Gasteiger charge is 2.31. The van der Waals surface area contributed by atoms with Crippen LogP contribution in [0.2, 0.25) is 0 Å². The molecule has 2 aromatic rings. The van der Waals surface area contributed by atoms with Crippen LogP contribution in [0.25, 0.3) is 0 Å². The lowest BCUT2D eigenvalue weighted by atomic mass is 9.98. The average molecular weight is 326 g/mol. The first-order chi connectivity index (χ1) is 11.5. The van der Waals surface area contributed by atoms with Crippen molar-refractivity contribution in [1.82, 2.24) is 14.5 Å². The fraction of sp³-hybridized carbons (Fsp3) is 0.474. The molecular weight excluding hydrogens is 300 g/mol. The van der Waals surface area contributed by atoms with E-state index in [2.05, 4.69) is 23.4 Å². The third-order valence-electron chi connectivity index (χ3n) is 4.57. The molecule has 1 amide bonds. The highest BCUT2D eigenvalue weighted by molar-refractivity contribution is 5.95. The number of nitrogens with zero attached hydrogens (tertiary/aromatic N) is 4. The molecule has 1 aromatic heterocycles. The van der Waals surface area contributed by atoms with Crippen LogP contribution in [-0.2, 0) is 6.54 Å². The minimum atomic E-state index is 0.129. The van der Waals surface area contributed by atoms with E-state index in [-0.39, 0.29) is 5.91 Å². The van der Waals surface area contributed by atoms with Crippen LogP contribution < -0.4 is 4.90 Å². The van der Waals surface area contributed by atoms with Crippen LogP contribution in [0.3, 0.4) is 0 Å². The highest BCUT2D eigenvalue weighted by Crippen LogP contribution is 2.23. The van der Waals surface area contributed by atoms with Gasteiger partial charge < -0.3 is 14.4 Å². The molecule has 1 aliphatic heterocycles.